The molecule has 3 nitrogen and oxygen atoms in total. The van der Waals surface area contributed by atoms with Crippen LogP contribution in [0.4, 0.5) is 14.5 Å². The van der Waals surface area contributed by atoms with Crippen LogP contribution in [0.3, 0.4) is 0 Å². The van der Waals surface area contributed by atoms with E-state index in [2.05, 4.69) is 4.74 Å². The van der Waals surface area contributed by atoms with Gasteiger partial charge in [-0.15, -0.1) is 0 Å². The molecule has 1 aromatic carbocycles. The lowest BCUT2D eigenvalue weighted by molar-refractivity contribution is -0.143. The number of nitrogens with zero attached hydrogens (tertiary/aromatic N) is 1. The smallest absolute Gasteiger partial charge is 0.328 e. The molecule has 1 aromatic rings. The van der Waals surface area contributed by atoms with Crippen LogP contribution in [0, 0.1) is 11.6 Å². The number of anilines is 1. The zero-order valence-electron chi connectivity index (χ0n) is 8.74. The summed E-state index contributed by atoms with van der Waals surface area (Å²) in [5.41, 5.74) is 0.501. The molecule has 0 aliphatic carbocycles. The van der Waals surface area contributed by atoms with E-state index >= 15 is 0 Å². The van der Waals surface area contributed by atoms with Crippen LogP contribution in [0.5, 0.6) is 0 Å². The lowest BCUT2D eigenvalue weighted by Gasteiger charge is -2.40. The molecule has 0 aromatic heterocycles. The molecule has 2 rings (SSSR count). The number of methoxy groups -OCH3 is 1. The summed E-state index contributed by atoms with van der Waals surface area (Å²) < 4.78 is 30.3. The summed E-state index contributed by atoms with van der Waals surface area (Å²) in [6.07, 6.45) is 0.672. The lowest BCUT2D eigenvalue weighted by atomic mass is 10.0. The Hall–Kier alpha value is -1.65. The molecule has 0 N–H and O–H groups in total. The first-order valence-corrected chi connectivity index (χ1v) is 4.93. The molecule has 1 unspecified atom stereocenters. The third-order valence-corrected chi connectivity index (χ3v) is 2.73. The van der Waals surface area contributed by atoms with Gasteiger partial charge in [0.2, 0.25) is 0 Å². The number of hydrogen-bond donors (Lipinski definition) is 0. The normalized spacial score (nSPS) is 19.2. The molecule has 1 heterocycles. The zero-order valence-corrected chi connectivity index (χ0v) is 8.74. The zero-order chi connectivity index (χ0) is 11.7. The van der Waals surface area contributed by atoms with Crippen LogP contribution < -0.4 is 4.90 Å². The molecule has 1 atom stereocenters. The van der Waals surface area contributed by atoms with Gasteiger partial charge in [0.05, 0.1) is 7.11 Å². The Morgan fingerprint density at radius 2 is 2.19 bits per heavy atom. The van der Waals surface area contributed by atoms with Gasteiger partial charge in [0.25, 0.3) is 0 Å². The Labute approximate surface area is 91.6 Å². The number of carbonyl (C=O) groups excluding carboxylic acids is 1. The summed E-state index contributed by atoms with van der Waals surface area (Å²) in [5.74, 6) is -2.15. The third kappa shape index (κ3) is 1.73. The number of carbonyl (C=O) groups is 1. The molecule has 86 valence electrons. The second-order valence-corrected chi connectivity index (χ2v) is 3.62. The summed E-state index contributed by atoms with van der Waals surface area (Å²) in [7, 11) is 1.31. The van der Waals surface area contributed by atoms with E-state index in [-0.39, 0.29) is 12.0 Å². The minimum atomic E-state index is -0.909. The Bertz CT molecular complexity index is 422. The van der Waals surface area contributed by atoms with E-state index in [1.54, 1.807) is 4.90 Å². The standard InChI is InChI=1S/C11H11F2NO2/c1-16-11(15)10-4-5-14(10)7-2-3-8(12)9(13)6-7/h2-3,6,10H,4-5H2,1H3. The van der Waals surface area contributed by atoms with Crippen molar-refractivity contribution in [2.45, 2.75) is 12.5 Å². The summed E-state index contributed by atoms with van der Waals surface area (Å²) in [4.78, 5) is 13.0. The van der Waals surface area contributed by atoms with E-state index in [4.69, 9.17) is 0 Å². The van der Waals surface area contributed by atoms with Crippen molar-refractivity contribution in [3.8, 4) is 0 Å². The third-order valence-electron chi connectivity index (χ3n) is 2.73. The van der Waals surface area contributed by atoms with E-state index < -0.39 is 11.6 Å². The highest BCUT2D eigenvalue weighted by Crippen LogP contribution is 2.28. The van der Waals surface area contributed by atoms with Crippen LogP contribution >= 0.6 is 0 Å². The average molecular weight is 227 g/mol. The Morgan fingerprint density at radius 1 is 1.44 bits per heavy atom. The maximum absolute atomic E-state index is 13.0. The molecule has 0 saturated carbocycles. The van der Waals surface area contributed by atoms with Gasteiger partial charge in [-0.2, -0.15) is 0 Å². The van der Waals surface area contributed by atoms with Crippen LogP contribution in [-0.4, -0.2) is 25.7 Å². The van der Waals surface area contributed by atoms with Gasteiger partial charge in [-0.1, -0.05) is 0 Å². The van der Waals surface area contributed by atoms with Crippen molar-refractivity contribution in [1.29, 1.82) is 0 Å². The van der Waals surface area contributed by atoms with E-state index in [0.717, 1.165) is 12.1 Å². The van der Waals surface area contributed by atoms with Gasteiger partial charge in [0, 0.05) is 18.3 Å². The largest absolute Gasteiger partial charge is 0.467 e. The van der Waals surface area contributed by atoms with E-state index in [0.29, 0.717) is 18.7 Å². The van der Waals surface area contributed by atoms with Crippen LogP contribution in [-0.2, 0) is 9.53 Å². The second-order valence-electron chi connectivity index (χ2n) is 3.62. The molecule has 1 aliphatic rings. The highest BCUT2D eigenvalue weighted by atomic mass is 19.2. The van der Waals surface area contributed by atoms with Crippen LogP contribution in [0.1, 0.15) is 6.42 Å². The van der Waals surface area contributed by atoms with Crippen LogP contribution in [0.2, 0.25) is 0 Å². The van der Waals surface area contributed by atoms with Gasteiger partial charge in [0.15, 0.2) is 11.6 Å². The monoisotopic (exact) mass is 227 g/mol. The number of esters is 1. The highest BCUT2D eigenvalue weighted by Gasteiger charge is 2.35. The second kappa shape index (κ2) is 4.08. The molecule has 1 aliphatic heterocycles. The molecule has 1 saturated heterocycles. The predicted molar refractivity (Wildman–Crippen MR) is 54.1 cm³/mol. The van der Waals surface area contributed by atoms with Crippen molar-refractivity contribution in [2.24, 2.45) is 0 Å². The fourth-order valence-corrected chi connectivity index (χ4v) is 1.74. The Morgan fingerprint density at radius 3 is 2.69 bits per heavy atom. The predicted octanol–water partition coefficient (Wildman–Crippen LogP) is 1.72. The number of rotatable bonds is 2. The molecule has 1 fully saturated rings. The summed E-state index contributed by atoms with van der Waals surface area (Å²) >= 11 is 0. The minimum absolute atomic E-state index is 0.351. The number of hydrogen-bond acceptors (Lipinski definition) is 3. The molecule has 16 heavy (non-hydrogen) atoms. The first kappa shape index (κ1) is 10.9. The van der Waals surface area contributed by atoms with Gasteiger partial charge in [-0.3, -0.25) is 0 Å². The van der Waals surface area contributed by atoms with E-state index in [9.17, 15) is 13.6 Å². The van der Waals surface area contributed by atoms with Gasteiger partial charge in [0.1, 0.15) is 6.04 Å². The topological polar surface area (TPSA) is 29.5 Å². The Kier molecular flexibility index (Phi) is 2.77. The lowest BCUT2D eigenvalue weighted by Crippen LogP contribution is -2.53. The fraction of sp³-hybridized carbons (Fsp3) is 0.364. The first-order chi connectivity index (χ1) is 7.63. The van der Waals surface area contributed by atoms with E-state index in [1.165, 1.54) is 13.2 Å². The summed E-state index contributed by atoms with van der Waals surface area (Å²) in [6.45, 7) is 0.644. The molecular formula is C11H11F2NO2. The molecule has 0 bridgehead atoms. The van der Waals surface area contributed by atoms with Crippen molar-refractivity contribution in [1.82, 2.24) is 0 Å². The van der Waals surface area contributed by atoms with Gasteiger partial charge < -0.3 is 9.64 Å². The van der Waals surface area contributed by atoms with Crippen molar-refractivity contribution < 1.29 is 18.3 Å². The summed E-state index contributed by atoms with van der Waals surface area (Å²) in [6, 6.07) is 3.21. The van der Waals surface area contributed by atoms with Crippen LogP contribution in [0.25, 0.3) is 0 Å². The number of ether oxygens (including phenoxy) is 1. The molecule has 0 spiro atoms. The van der Waals surface area contributed by atoms with Crippen molar-refractivity contribution in [3.05, 3.63) is 29.8 Å². The fourth-order valence-electron chi connectivity index (χ4n) is 1.74. The van der Waals surface area contributed by atoms with Gasteiger partial charge in [-0.25, -0.2) is 13.6 Å². The maximum atomic E-state index is 13.0. The average Bonchev–Trinajstić information content (AvgIpc) is 2.21. The highest BCUT2D eigenvalue weighted by molar-refractivity contribution is 5.82. The van der Waals surface area contributed by atoms with Crippen LogP contribution in [0.15, 0.2) is 18.2 Å². The molecular weight excluding hydrogens is 216 g/mol. The number of halogens is 2. The summed E-state index contributed by atoms with van der Waals surface area (Å²) in [5, 5.41) is 0. The quantitative estimate of drug-likeness (QED) is 0.720. The van der Waals surface area contributed by atoms with Gasteiger partial charge in [-0.05, 0) is 18.6 Å². The molecule has 0 amide bonds. The Balaban J connectivity index is 2.19. The minimum Gasteiger partial charge on any atom is -0.467 e. The van der Waals surface area contributed by atoms with Crippen molar-refractivity contribution in [2.75, 3.05) is 18.6 Å². The van der Waals surface area contributed by atoms with Crippen molar-refractivity contribution in [3.63, 3.8) is 0 Å². The molecule has 5 heteroatoms. The maximum Gasteiger partial charge on any atom is 0.328 e. The SMILES string of the molecule is COC(=O)C1CCN1c1ccc(F)c(F)c1. The van der Waals surface area contributed by atoms with Gasteiger partial charge >= 0.3 is 5.97 Å². The van der Waals surface area contributed by atoms with Crippen molar-refractivity contribution >= 4 is 11.7 Å². The van der Waals surface area contributed by atoms with E-state index in [1.807, 2.05) is 0 Å². The number of benzene rings is 1. The molecule has 0 radical (unpaired) electrons. The first-order valence-electron chi connectivity index (χ1n) is 4.93.